The predicted octanol–water partition coefficient (Wildman–Crippen LogP) is 2.85. The van der Waals surface area contributed by atoms with E-state index in [0.717, 1.165) is 36.4 Å². The Morgan fingerprint density at radius 3 is 2.52 bits per heavy atom. The van der Waals surface area contributed by atoms with Crippen molar-refractivity contribution in [3.63, 3.8) is 0 Å². The van der Waals surface area contributed by atoms with Crippen molar-refractivity contribution in [3.05, 3.63) is 55.4 Å². The second-order valence-corrected chi connectivity index (χ2v) is 5.10. The number of hydrogen-bond donors (Lipinski definition) is 1. The largest absolute Gasteiger partial charge is 0.497 e. The maximum atomic E-state index is 5.16. The number of nitrogens with zero attached hydrogens (tertiary/aromatic N) is 4. The lowest BCUT2D eigenvalue weighted by molar-refractivity contribution is 0.415. The van der Waals surface area contributed by atoms with E-state index in [1.807, 2.05) is 49.2 Å². The lowest BCUT2D eigenvalue weighted by atomic mass is 10.1. The van der Waals surface area contributed by atoms with Crippen LogP contribution >= 0.6 is 0 Å². The summed E-state index contributed by atoms with van der Waals surface area (Å²) in [6.45, 7) is 1.75. The Balaban J connectivity index is 1.52. The van der Waals surface area contributed by atoms with Crippen molar-refractivity contribution in [1.82, 2.24) is 19.5 Å². The molecule has 3 rings (SSSR count). The van der Waals surface area contributed by atoms with Crippen molar-refractivity contribution in [2.75, 3.05) is 19.0 Å². The number of imidazole rings is 1. The maximum absolute atomic E-state index is 5.16. The first-order valence-corrected chi connectivity index (χ1v) is 7.51. The van der Waals surface area contributed by atoms with Crippen molar-refractivity contribution < 1.29 is 4.74 Å². The summed E-state index contributed by atoms with van der Waals surface area (Å²) in [7, 11) is 1.66. The number of anilines is 1. The summed E-state index contributed by atoms with van der Waals surface area (Å²) in [6, 6.07) is 7.85. The molecule has 23 heavy (non-hydrogen) atoms. The molecule has 118 valence electrons. The molecule has 0 bridgehead atoms. The zero-order chi connectivity index (χ0) is 15.9. The van der Waals surface area contributed by atoms with Crippen LogP contribution in [0.15, 0.2) is 55.4 Å². The number of aryl methyl sites for hydroxylation is 1. The first-order valence-electron chi connectivity index (χ1n) is 7.51. The van der Waals surface area contributed by atoms with Crippen LogP contribution in [0.2, 0.25) is 0 Å². The van der Waals surface area contributed by atoms with Gasteiger partial charge < -0.3 is 14.6 Å². The summed E-state index contributed by atoms with van der Waals surface area (Å²) >= 11 is 0. The van der Waals surface area contributed by atoms with Crippen LogP contribution in [0.5, 0.6) is 5.75 Å². The van der Waals surface area contributed by atoms with E-state index in [1.54, 1.807) is 13.3 Å². The Morgan fingerprint density at radius 1 is 1.09 bits per heavy atom. The fourth-order valence-corrected chi connectivity index (χ4v) is 2.23. The molecule has 0 amide bonds. The predicted molar refractivity (Wildman–Crippen MR) is 89.4 cm³/mol. The lowest BCUT2D eigenvalue weighted by Gasteiger charge is -2.07. The number of ether oxygens (including phenoxy) is 1. The summed E-state index contributed by atoms with van der Waals surface area (Å²) in [5.74, 6) is 1.48. The van der Waals surface area contributed by atoms with Gasteiger partial charge in [0.1, 0.15) is 5.75 Å². The number of nitrogens with one attached hydrogen (secondary N) is 1. The van der Waals surface area contributed by atoms with Gasteiger partial charge in [-0.2, -0.15) is 0 Å². The van der Waals surface area contributed by atoms with E-state index >= 15 is 0 Å². The molecule has 6 nitrogen and oxygen atoms in total. The quantitative estimate of drug-likeness (QED) is 0.680. The minimum Gasteiger partial charge on any atom is -0.497 e. The number of rotatable bonds is 7. The van der Waals surface area contributed by atoms with E-state index in [9.17, 15) is 0 Å². The molecule has 0 aliphatic heterocycles. The Kier molecular flexibility index (Phi) is 4.83. The van der Waals surface area contributed by atoms with Crippen molar-refractivity contribution in [3.8, 4) is 16.9 Å². The van der Waals surface area contributed by atoms with Crippen LogP contribution in [0, 0.1) is 0 Å². The molecule has 0 aliphatic rings. The van der Waals surface area contributed by atoms with Crippen molar-refractivity contribution in [1.29, 1.82) is 0 Å². The Bertz CT molecular complexity index is 708. The summed E-state index contributed by atoms with van der Waals surface area (Å²) in [6.07, 6.45) is 10.2. The molecule has 0 saturated heterocycles. The van der Waals surface area contributed by atoms with Gasteiger partial charge in [0.2, 0.25) is 5.95 Å². The summed E-state index contributed by atoms with van der Waals surface area (Å²) in [5, 5.41) is 3.23. The molecule has 1 aromatic carbocycles. The van der Waals surface area contributed by atoms with E-state index in [4.69, 9.17) is 4.74 Å². The average molecular weight is 309 g/mol. The minimum absolute atomic E-state index is 0.646. The monoisotopic (exact) mass is 309 g/mol. The van der Waals surface area contributed by atoms with Gasteiger partial charge in [0.15, 0.2) is 0 Å². The Labute approximate surface area is 135 Å². The average Bonchev–Trinajstić information content (AvgIpc) is 3.13. The first-order chi connectivity index (χ1) is 11.3. The van der Waals surface area contributed by atoms with Gasteiger partial charge in [-0.3, -0.25) is 0 Å². The molecule has 0 spiro atoms. The highest BCUT2D eigenvalue weighted by atomic mass is 16.5. The third-order valence-corrected chi connectivity index (χ3v) is 3.51. The summed E-state index contributed by atoms with van der Waals surface area (Å²) < 4.78 is 7.21. The highest BCUT2D eigenvalue weighted by Crippen LogP contribution is 2.21. The van der Waals surface area contributed by atoms with Crippen LogP contribution in [0.3, 0.4) is 0 Å². The van der Waals surface area contributed by atoms with Gasteiger partial charge in [0.25, 0.3) is 0 Å². The van der Waals surface area contributed by atoms with Gasteiger partial charge in [0, 0.05) is 43.4 Å². The normalized spacial score (nSPS) is 10.5. The topological polar surface area (TPSA) is 64.9 Å². The number of hydrogen-bond acceptors (Lipinski definition) is 5. The van der Waals surface area contributed by atoms with Crippen LogP contribution in [0.1, 0.15) is 6.42 Å². The molecule has 6 heteroatoms. The van der Waals surface area contributed by atoms with Crippen LogP contribution in [0.25, 0.3) is 11.1 Å². The molecule has 0 unspecified atom stereocenters. The van der Waals surface area contributed by atoms with Gasteiger partial charge in [-0.1, -0.05) is 12.1 Å². The van der Waals surface area contributed by atoms with E-state index in [-0.39, 0.29) is 0 Å². The van der Waals surface area contributed by atoms with E-state index in [0.29, 0.717) is 5.95 Å². The number of methoxy groups -OCH3 is 1. The highest BCUT2D eigenvalue weighted by molar-refractivity contribution is 5.62. The Morgan fingerprint density at radius 2 is 1.87 bits per heavy atom. The molecule has 0 atom stereocenters. The lowest BCUT2D eigenvalue weighted by Crippen LogP contribution is -2.08. The first kappa shape index (κ1) is 15.0. The summed E-state index contributed by atoms with van der Waals surface area (Å²) in [5.41, 5.74) is 2.05. The highest BCUT2D eigenvalue weighted by Gasteiger charge is 2.01. The van der Waals surface area contributed by atoms with Gasteiger partial charge in [-0.25, -0.2) is 15.0 Å². The number of aromatic nitrogens is 4. The fraction of sp³-hybridized carbons (Fsp3) is 0.235. The molecule has 3 aromatic rings. The smallest absolute Gasteiger partial charge is 0.222 e. The second-order valence-electron chi connectivity index (χ2n) is 5.10. The zero-order valence-electron chi connectivity index (χ0n) is 13.0. The van der Waals surface area contributed by atoms with Crippen molar-refractivity contribution in [2.45, 2.75) is 13.0 Å². The molecule has 1 N–H and O–H groups in total. The molecule has 2 aromatic heterocycles. The molecule has 0 radical (unpaired) electrons. The molecule has 0 fully saturated rings. The van der Waals surface area contributed by atoms with Crippen LogP contribution in [0.4, 0.5) is 5.95 Å². The van der Waals surface area contributed by atoms with Crippen LogP contribution in [-0.2, 0) is 6.54 Å². The van der Waals surface area contributed by atoms with E-state index < -0.39 is 0 Å². The zero-order valence-corrected chi connectivity index (χ0v) is 13.0. The molecular formula is C17H19N5O. The summed E-state index contributed by atoms with van der Waals surface area (Å²) in [4.78, 5) is 12.7. The Hall–Kier alpha value is -2.89. The van der Waals surface area contributed by atoms with E-state index in [2.05, 4.69) is 24.8 Å². The molecule has 0 saturated carbocycles. The molecule has 0 aliphatic carbocycles. The van der Waals surface area contributed by atoms with Gasteiger partial charge in [0.05, 0.1) is 13.4 Å². The van der Waals surface area contributed by atoms with Crippen molar-refractivity contribution >= 4 is 5.95 Å². The van der Waals surface area contributed by atoms with E-state index in [1.165, 1.54) is 0 Å². The van der Waals surface area contributed by atoms with Gasteiger partial charge >= 0.3 is 0 Å². The third-order valence-electron chi connectivity index (χ3n) is 3.51. The minimum atomic E-state index is 0.646. The standard InChI is InChI=1S/C17H19N5O/c1-23-16-5-3-14(4-6-16)15-11-20-17(21-12-15)19-7-2-9-22-10-8-18-13-22/h3-6,8,10-13H,2,7,9H2,1H3,(H,19,20,21). The fourth-order valence-electron chi connectivity index (χ4n) is 2.23. The van der Waals surface area contributed by atoms with Gasteiger partial charge in [-0.05, 0) is 24.1 Å². The maximum Gasteiger partial charge on any atom is 0.222 e. The third kappa shape index (κ3) is 4.06. The molecule has 2 heterocycles. The SMILES string of the molecule is COc1ccc(-c2cnc(NCCCn3ccnc3)nc2)cc1. The van der Waals surface area contributed by atoms with Crippen molar-refractivity contribution in [2.24, 2.45) is 0 Å². The van der Waals surface area contributed by atoms with Crippen LogP contribution < -0.4 is 10.1 Å². The number of benzene rings is 1. The second kappa shape index (κ2) is 7.40. The van der Waals surface area contributed by atoms with Crippen LogP contribution in [-0.4, -0.2) is 33.2 Å². The van der Waals surface area contributed by atoms with Gasteiger partial charge in [-0.15, -0.1) is 0 Å². The molecular weight excluding hydrogens is 290 g/mol.